The molecule has 0 amide bonds. The van der Waals surface area contributed by atoms with E-state index in [1.165, 1.54) is 44.9 Å². The van der Waals surface area contributed by atoms with E-state index in [1.807, 2.05) is 0 Å². The molecule has 4 fully saturated rings. The molecule has 0 spiro atoms. The zero-order valence-electron chi connectivity index (χ0n) is 14.8. The highest BCUT2D eigenvalue weighted by Crippen LogP contribution is 2.64. The van der Waals surface area contributed by atoms with Gasteiger partial charge in [0.25, 0.3) is 0 Å². The van der Waals surface area contributed by atoms with Crippen molar-refractivity contribution in [2.75, 3.05) is 0 Å². The lowest BCUT2D eigenvalue weighted by molar-refractivity contribution is -0.0899. The van der Waals surface area contributed by atoms with Crippen LogP contribution >= 0.6 is 0 Å². The lowest BCUT2D eigenvalue weighted by Gasteiger charge is -2.56. The molecule has 0 saturated heterocycles. The summed E-state index contributed by atoms with van der Waals surface area (Å²) in [6.07, 6.45) is 14.4. The lowest BCUT2D eigenvalue weighted by atomic mass is 9.49. The number of hydrogen-bond acceptors (Lipinski definition) is 1. The first-order valence-corrected chi connectivity index (χ1v) is 9.83. The third-order valence-corrected chi connectivity index (χ3v) is 8.43. The van der Waals surface area contributed by atoms with Gasteiger partial charge < -0.3 is 5.11 Å². The largest absolute Gasteiger partial charge is 0.390 e. The quantitative estimate of drug-likeness (QED) is 0.599. The van der Waals surface area contributed by atoms with Crippen LogP contribution in [0.15, 0.2) is 11.6 Å². The molecule has 1 heteroatoms. The van der Waals surface area contributed by atoms with Gasteiger partial charge in [-0.3, -0.25) is 0 Å². The number of allylic oxidation sites excluding steroid dienone is 2. The van der Waals surface area contributed by atoms with E-state index >= 15 is 0 Å². The Kier molecular flexibility index (Phi) is 3.53. The molecule has 4 aliphatic carbocycles. The molecule has 22 heavy (non-hydrogen) atoms. The average Bonchev–Trinajstić information content (AvgIpc) is 2.82. The fraction of sp³-hybridized carbons (Fsp3) is 0.905. The summed E-state index contributed by atoms with van der Waals surface area (Å²) in [4.78, 5) is 0. The Morgan fingerprint density at radius 1 is 0.955 bits per heavy atom. The van der Waals surface area contributed by atoms with E-state index in [-0.39, 0.29) is 5.60 Å². The second kappa shape index (κ2) is 5.10. The maximum Gasteiger partial charge on any atom is 0.0622 e. The molecule has 0 aliphatic heterocycles. The molecule has 0 heterocycles. The topological polar surface area (TPSA) is 20.2 Å². The van der Waals surface area contributed by atoms with Crippen molar-refractivity contribution >= 4 is 0 Å². The molecular weight excluding hydrogens is 268 g/mol. The molecular formula is C21H34O. The zero-order chi connectivity index (χ0) is 15.5. The Morgan fingerprint density at radius 3 is 2.50 bits per heavy atom. The molecule has 4 aliphatic rings. The predicted molar refractivity (Wildman–Crippen MR) is 91.5 cm³/mol. The van der Waals surface area contributed by atoms with Crippen molar-refractivity contribution in [3.63, 3.8) is 0 Å². The van der Waals surface area contributed by atoms with E-state index < -0.39 is 0 Å². The highest BCUT2D eigenvalue weighted by molar-refractivity contribution is 5.23. The maximum absolute atomic E-state index is 10.5. The standard InChI is InChI=1S/C21H34O/c1-4-15-6-8-19-18-7-5-14-13-20(2,22)11-9-16(14)17(18)10-12-21(15,19)3/h4,14,16-19,22H,5-13H2,1-3H3/b15-4-/t14-,16+,17-,18-,19+,20-,21-/m1/s1. The van der Waals surface area contributed by atoms with Crippen LogP contribution in [-0.4, -0.2) is 10.7 Å². The molecule has 124 valence electrons. The van der Waals surface area contributed by atoms with Crippen LogP contribution < -0.4 is 0 Å². The zero-order valence-corrected chi connectivity index (χ0v) is 14.8. The molecule has 0 unspecified atom stereocenters. The first kappa shape index (κ1) is 15.2. The monoisotopic (exact) mass is 302 g/mol. The SMILES string of the molecule is C/C=C1/CC[C@H]2[C@@H]3CC[C@@H]4C[C@](C)(O)CC[C@@H]4[C@H]3CC[C@]12C. The molecule has 1 nitrogen and oxygen atoms in total. The minimum Gasteiger partial charge on any atom is -0.390 e. The molecule has 0 bridgehead atoms. The maximum atomic E-state index is 10.5. The molecule has 1 N–H and O–H groups in total. The van der Waals surface area contributed by atoms with Crippen molar-refractivity contribution in [2.45, 2.75) is 84.2 Å². The Morgan fingerprint density at radius 2 is 1.73 bits per heavy atom. The Labute approximate surface area is 136 Å². The van der Waals surface area contributed by atoms with Gasteiger partial charge in [-0.05, 0) is 107 Å². The Hall–Kier alpha value is -0.300. The summed E-state index contributed by atoms with van der Waals surface area (Å²) in [5.74, 6) is 4.67. The van der Waals surface area contributed by atoms with Crippen LogP contribution in [0.1, 0.15) is 78.6 Å². The molecule has 7 atom stereocenters. The van der Waals surface area contributed by atoms with Gasteiger partial charge in [-0.2, -0.15) is 0 Å². The summed E-state index contributed by atoms with van der Waals surface area (Å²) in [6.45, 7) is 6.91. The molecule has 0 aromatic carbocycles. The van der Waals surface area contributed by atoms with E-state index in [9.17, 15) is 5.11 Å². The van der Waals surface area contributed by atoms with Gasteiger partial charge in [-0.1, -0.05) is 18.6 Å². The van der Waals surface area contributed by atoms with Gasteiger partial charge in [-0.25, -0.2) is 0 Å². The van der Waals surface area contributed by atoms with E-state index in [0.717, 1.165) is 42.4 Å². The highest BCUT2D eigenvalue weighted by Gasteiger charge is 2.55. The van der Waals surface area contributed by atoms with Crippen molar-refractivity contribution in [1.29, 1.82) is 0 Å². The summed E-state index contributed by atoms with van der Waals surface area (Å²) >= 11 is 0. The smallest absolute Gasteiger partial charge is 0.0622 e. The molecule has 0 aromatic rings. The molecule has 4 saturated carbocycles. The van der Waals surface area contributed by atoms with E-state index in [0.29, 0.717) is 5.41 Å². The molecule has 0 aromatic heterocycles. The fourth-order valence-electron chi connectivity index (χ4n) is 7.40. The van der Waals surface area contributed by atoms with Crippen LogP contribution in [-0.2, 0) is 0 Å². The van der Waals surface area contributed by atoms with Crippen LogP contribution in [0.25, 0.3) is 0 Å². The first-order chi connectivity index (χ1) is 10.4. The van der Waals surface area contributed by atoms with Crippen molar-refractivity contribution in [3.05, 3.63) is 11.6 Å². The summed E-state index contributed by atoms with van der Waals surface area (Å²) in [5.41, 5.74) is 1.93. The molecule has 4 rings (SSSR count). The summed E-state index contributed by atoms with van der Waals surface area (Å²) in [6, 6.07) is 0. The average molecular weight is 303 g/mol. The predicted octanol–water partition coefficient (Wildman–Crippen LogP) is 5.34. The van der Waals surface area contributed by atoms with Crippen LogP contribution in [0.2, 0.25) is 0 Å². The van der Waals surface area contributed by atoms with Crippen molar-refractivity contribution in [2.24, 2.45) is 35.0 Å². The third kappa shape index (κ3) is 2.14. The van der Waals surface area contributed by atoms with Gasteiger partial charge in [0, 0.05) is 0 Å². The van der Waals surface area contributed by atoms with E-state index in [4.69, 9.17) is 0 Å². The van der Waals surface area contributed by atoms with Crippen LogP contribution in [0.3, 0.4) is 0 Å². The number of rotatable bonds is 0. The van der Waals surface area contributed by atoms with Crippen molar-refractivity contribution in [1.82, 2.24) is 0 Å². The highest BCUT2D eigenvalue weighted by atomic mass is 16.3. The van der Waals surface area contributed by atoms with Crippen molar-refractivity contribution in [3.8, 4) is 0 Å². The number of hydrogen-bond donors (Lipinski definition) is 1. The van der Waals surface area contributed by atoms with Gasteiger partial charge in [0.2, 0.25) is 0 Å². The minimum atomic E-state index is -0.372. The van der Waals surface area contributed by atoms with Crippen molar-refractivity contribution < 1.29 is 5.11 Å². The third-order valence-electron chi connectivity index (χ3n) is 8.43. The van der Waals surface area contributed by atoms with Gasteiger partial charge in [0.1, 0.15) is 0 Å². The Bertz CT molecular complexity index is 476. The van der Waals surface area contributed by atoms with Gasteiger partial charge >= 0.3 is 0 Å². The summed E-state index contributed by atoms with van der Waals surface area (Å²) in [7, 11) is 0. The van der Waals surface area contributed by atoms with Crippen LogP contribution in [0.5, 0.6) is 0 Å². The lowest BCUT2D eigenvalue weighted by Crippen LogP contribution is -2.49. The normalized spacial score (nSPS) is 56.4. The van der Waals surface area contributed by atoms with Gasteiger partial charge in [0.15, 0.2) is 0 Å². The number of aliphatic hydroxyl groups is 1. The van der Waals surface area contributed by atoms with Gasteiger partial charge in [0.05, 0.1) is 5.60 Å². The van der Waals surface area contributed by atoms with Gasteiger partial charge in [-0.15, -0.1) is 0 Å². The number of fused-ring (bicyclic) bond motifs is 5. The first-order valence-electron chi connectivity index (χ1n) is 9.83. The second-order valence-corrected chi connectivity index (χ2v) is 9.48. The summed E-state index contributed by atoms with van der Waals surface area (Å²) < 4.78 is 0. The second-order valence-electron chi connectivity index (χ2n) is 9.48. The van der Waals surface area contributed by atoms with E-state index in [2.05, 4.69) is 26.8 Å². The Balaban J connectivity index is 1.57. The summed E-state index contributed by atoms with van der Waals surface area (Å²) in [5, 5.41) is 10.5. The van der Waals surface area contributed by atoms with Crippen LogP contribution in [0.4, 0.5) is 0 Å². The van der Waals surface area contributed by atoms with Crippen LogP contribution in [0, 0.1) is 35.0 Å². The minimum absolute atomic E-state index is 0.372. The van der Waals surface area contributed by atoms with E-state index in [1.54, 1.807) is 5.57 Å². The fourth-order valence-corrected chi connectivity index (χ4v) is 7.40. The molecule has 0 radical (unpaired) electrons.